The van der Waals surface area contributed by atoms with Gasteiger partial charge in [-0.25, -0.2) is 0 Å². The van der Waals surface area contributed by atoms with Crippen LogP contribution in [0.15, 0.2) is 54.9 Å². The Morgan fingerprint density at radius 2 is 2.00 bits per heavy atom. The summed E-state index contributed by atoms with van der Waals surface area (Å²) in [5.41, 5.74) is 2.88. The molecule has 0 aliphatic carbocycles. The maximum Gasteiger partial charge on any atom is 0.225 e. The summed E-state index contributed by atoms with van der Waals surface area (Å²) >= 11 is 0. The Kier molecular flexibility index (Phi) is 5.08. The molecule has 0 spiro atoms. The van der Waals surface area contributed by atoms with Crippen molar-refractivity contribution in [1.82, 2.24) is 24.5 Å². The molecule has 144 valence electrons. The summed E-state index contributed by atoms with van der Waals surface area (Å²) in [5, 5.41) is 12.5. The van der Waals surface area contributed by atoms with Crippen LogP contribution in [0.1, 0.15) is 24.4 Å². The highest BCUT2D eigenvalue weighted by Crippen LogP contribution is 2.22. The molecule has 1 amide bonds. The zero-order valence-corrected chi connectivity index (χ0v) is 16.0. The van der Waals surface area contributed by atoms with E-state index in [1.807, 2.05) is 54.0 Å². The van der Waals surface area contributed by atoms with Crippen LogP contribution in [0.25, 0.3) is 16.6 Å². The van der Waals surface area contributed by atoms with Crippen molar-refractivity contribution in [1.29, 1.82) is 0 Å². The highest BCUT2D eigenvalue weighted by molar-refractivity contribution is 5.89. The van der Waals surface area contributed by atoms with Crippen LogP contribution in [0.4, 0.5) is 0 Å². The van der Waals surface area contributed by atoms with Gasteiger partial charge in [0, 0.05) is 37.0 Å². The third-order valence-corrected chi connectivity index (χ3v) is 4.86. The molecule has 4 aromatic rings. The van der Waals surface area contributed by atoms with E-state index < -0.39 is 0 Å². The molecule has 3 heterocycles. The number of aromatic nitrogens is 4. The number of benzene rings is 1. The number of pyridine rings is 1. The summed E-state index contributed by atoms with van der Waals surface area (Å²) in [6.45, 7) is 3.30. The van der Waals surface area contributed by atoms with Gasteiger partial charge < -0.3 is 14.6 Å². The van der Waals surface area contributed by atoms with E-state index in [2.05, 4.69) is 32.2 Å². The first-order valence-electron chi connectivity index (χ1n) is 9.32. The lowest BCUT2D eigenvalue weighted by atomic mass is 10.1. The molecule has 1 atom stereocenters. The van der Waals surface area contributed by atoms with Gasteiger partial charge in [-0.1, -0.05) is 24.3 Å². The van der Waals surface area contributed by atoms with Gasteiger partial charge in [0.2, 0.25) is 5.91 Å². The minimum absolute atomic E-state index is 0.0465. The summed E-state index contributed by atoms with van der Waals surface area (Å²) in [5.74, 6) is 0.668. The van der Waals surface area contributed by atoms with Crippen molar-refractivity contribution in [2.75, 3.05) is 13.7 Å². The summed E-state index contributed by atoms with van der Waals surface area (Å²) in [4.78, 5) is 12.7. The van der Waals surface area contributed by atoms with E-state index >= 15 is 0 Å². The van der Waals surface area contributed by atoms with Crippen molar-refractivity contribution < 1.29 is 9.53 Å². The number of nitrogens with one attached hydrogen (secondary N) is 1. The van der Waals surface area contributed by atoms with E-state index in [9.17, 15) is 4.79 Å². The second kappa shape index (κ2) is 7.82. The van der Waals surface area contributed by atoms with E-state index in [1.165, 1.54) is 0 Å². The van der Waals surface area contributed by atoms with E-state index in [0.29, 0.717) is 18.9 Å². The molecule has 0 bridgehead atoms. The van der Waals surface area contributed by atoms with E-state index in [1.54, 1.807) is 7.11 Å². The van der Waals surface area contributed by atoms with Gasteiger partial charge >= 0.3 is 0 Å². The zero-order valence-electron chi connectivity index (χ0n) is 16.0. The topological polar surface area (TPSA) is 73.4 Å². The molecule has 3 aromatic heterocycles. The Balaban J connectivity index is 1.52. The maximum absolute atomic E-state index is 12.7. The fraction of sp³-hybridized carbons (Fsp3) is 0.286. The van der Waals surface area contributed by atoms with E-state index in [4.69, 9.17) is 4.74 Å². The fourth-order valence-electron chi connectivity index (χ4n) is 3.52. The van der Waals surface area contributed by atoms with Crippen molar-refractivity contribution >= 4 is 22.5 Å². The third-order valence-electron chi connectivity index (χ3n) is 4.86. The molecule has 1 unspecified atom stereocenters. The van der Waals surface area contributed by atoms with Gasteiger partial charge in [-0.05, 0) is 30.7 Å². The van der Waals surface area contributed by atoms with E-state index in [-0.39, 0.29) is 11.9 Å². The van der Waals surface area contributed by atoms with E-state index in [0.717, 1.165) is 28.7 Å². The first-order valence-corrected chi connectivity index (χ1v) is 9.32. The van der Waals surface area contributed by atoms with Crippen LogP contribution >= 0.6 is 0 Å². The molecule has 0 radical (unpaired) electrons. The average molecular weight is 377 g/mol. The quantitative estimate of drug-likeness (QED) is 0.537. The van der Waals surface area contributed by atoms with Crippen molar-refractivity contribution in [3.63, 3.8) is 0 Å². The van der Waals surface area contributed by atoms with Crippen molar-refractivity contribution in [2.24, 2.45) is 0 Å². The predicted molar refractivity (Wildman–Crippen MR) is 107 cm³/mol. The molecule has 0 aliphatic rings. The minimum atomic E-state index is -0.244. The van der Waals surface area contributed by atoms with Crippen LogP contribution in [0.2, 0.25) is 0 Å². The zero-order chi connectivity index (χ0) is 19.5. The Bertz CT molecular complexity index is 1110. The molecule has 0 saturated carbocycles. The van der Waals surface area contributed by atoms with Gasteiger partial charge in [-0.3, -0.25) is 9.20 Å². The SMILES string of the molecule is COCCn1cc(CC(=O)NC(C)c2nnc3ccccn23)c2ccccc21. The van der Waals surface area contributed by atoms with Crippen molar-refractivity contribution in [2.45, 2.75) is 25.9 Å². The number of methoxy groups -OCH3 is 1. The number of hydrogen-bond donors (Lipinski definition) is 1. The first-order chi connectivity index (χ1) is 13.7. The molecule has 1 N–H and O–H groups in total. The number of carbonyl (C=O) groups is 1. The summed E-state index contributed by atoms with van der Waals surface area (Å²) in [6.07, 6.45) is 4.25. The van der Waals surface area contributed by atoms with Gasteiger partial charge in [-0.2, -0.15) is 0 Å². The number of carbonyl (C=O) groups excluding carboxylic acids is 1. The summed E-state index contributed by atoms with van der Waals surface area (Å²) in [7, 11) is 1.69. The molecule has 0 aliphatic heterocycles. The maximum atomic E-state index is 12.7. The van der Waals surface area contributed by atoms with Crippen LogP contribution in [0.5, 0.6) is 0 Å². The van der Waals surface area contributed by atoms with Gasteiger partial charge in [-0.15, -0.1) is 10.2 Å². The molecule has 0 saturated heterocycles. The first kappa shape index (κ1) is 18.2. The average Bonchev–Trinajstić information content (AvgIpc) is 3.28. The van der Waals surface area contributed by atoms with Crippen LogP contribution in [-0.4, -0.2) is 38.8 Å². The Labute approximate surface area is 162 Å². The van der Waals surface area contributed by atoms with Crippen LogP contribution in [-0.2, 0) is 22.5 Å². The Hall–Kier alpha value is -3.19. The smallest absolute Gasteiger partial charge is 0.225 e. The number of rotatable bonds is 7. The fourth-order valence-corrected chi connectivity index (χ4v) is 3.52. The molecule has 4 rings (SSSR count). The molecule has 1 aromatic carbocycles. The summed E-state index contributed by atoms with van der Waals surface area (Å²) < 4.78 is 9.23. The highest BCUT2D eigenvalue weighted by atomic mass is 16.5. The van der Waals surface area contributed by atoms with Gasteiger partial charge in [0.05, 0.1) is 19.1 Å². The normalized spacial score (nSPS) is 12.5. The molecule has 7 heteroatoms. The van der Waals surface area contributed by atoms with Gasteiger partial charge in [0.1, 0.15) is 0 Å². The molecular formula is C21H23N5O2. The Morgan fingerprint density at radius 3 is 2.86 bits per heavy atom. The van der Waals surface area contributed by atoms with Crippen molar-refractivity contribution in [3.8, 4) is 0 Å². The predicted octanol–water partition coefficient (Wildman–Crippen LogP) is 2.75. The van der Waals surface area contributed by atoms with Crippen molar-refractivity contribution in [3.05, 3.63) is 66.2 Å². The molecule has 0 fully saturated rings. The molecule has 28 heavy (non-hydrogen) atoms. The summed E-state index contributed by atoms with van der Waals surface area (Å²) in [6, 6.07) is 13.6. The van der Waals surface area contributed by atoms with Crippen LogP contribution < -0.4 is 5.32 Å². The lowest BCUT2D eigenvalue weighted by Gasteiger charge is -2.12. The number of amides is 1. The minimum Gasteiger partial charge on any atom is -0.383 e. The standard InChI is InChI=1S/C21H23N5O2/c1-15(21-24-23-19-9-5-6-10-26(19)21)22-20(27)13-16-14-25(11-12-28-2)18-8-4-3-7-17(16)18/h3-10,14-15H,11-13H2,1-2H3,(H,22,27). The van der Waals surface area contributed by atoms with Crippen LogP contribution in [0, 0.1) is 0 Å². The third kappa shape index (κ3) is 3.48. The van der Waals surface area contributed by atoms with Gasteiger partial charge in [0.25, 0.3) is 0 Å². The molecular weight excluding hydrogens is 354 g/mol. The lowest BCUT2D eigenvalue weighted by molar-refractivity contribution is -0.121. The number of ether oxygens (including phenoxy) is 1. The second-order valence-corrected chi connectivity index (χ2v) is 6.81. The Morgan fingerprint density at radius 1 is 1.18 bits per heavy atom. The number of hydrogen-bond acceptors (Lipinski definition) is 4. The molecule has 7 nitrogen and oxygen atoms in total. The number of nitrogens with zero attached hydrogens (tertiary/aromatic N) is 4. The largest absolute Gasteiger partial charge is 0.383 e. The van der Waals surface area contributed by atoms with Crippen LogP contribution in [0.3, 0.4) is 0 Å². The lowest BCUT2D eigenvalue weighted by Crippen LogP contribution is -2.29. The number of fused-ring (bicyclic) bond motifs is 2. The second-order valence-electron chi connectivity index (χ2n) is 6.81. The van der Waals surface area contributed by atoms with Gasteiger partial charge in [0.15, 0.2) is 11.5 Å². The monoisotopic (exact) mass is 377 g/mol. The highest BCUT2D eigenvalue weighted by Gasteiger charge is 2.17. The number of para-hydroxylation sites is 1.